The number of rotatable bonds is 8. The largest absolute Gasteiger partial charge is 0.480 e. The molecule has 2 aliphatic carbocycles. The number of para-hydroxylation sites is 2. The lowest BCUT2D eigenvalue weighted by atomic mass is 9.85. The van der Waals surface area contributed by atoms with Gasteiger partial charge in [0.05, 0.1) is 11.5 Å². The first-order valence-corrected chi connectivity index (χ1v) is 7.98. The number of carboxylic acid groups (broad SMARTS) is 1. The zero-order valence-electron chi connectivity index (χ0n) is 12.9. The average molecular weight is 319 g/mol. The van der Waals surface area contributed by atoms with Crippen molar-refractivity contribution in [3.8, 4) is 0 Å². The summed E-state index contributed by atoms with van der Waals surface area (Å²) in [5, 5.41) is 23.3. The summed E-state index contributed by atoms with van der Waals surface area (Å²) in [6, 6.07) is 7.04. The number of hydrogen-bond acceptors (Lipinski definition) is 5. The van der Waals surface area contributed by atoms with Crippen LogP contribution in [0.1, 0.15) is 25.7 Å². The van der Waals surface area contributed by atoms with Crippen LogP contribution in [-0.2, 0) is 4.79 Å². The van der Waals surface area contributed by atoms with E-state index in [2.05, 4.69) is 10.2 Å². The Balaban J connectivity index is 1.55. The summed E-state index contributed by atoms with van der Waals surface area (Å²) in [4.78, 5) is 23.7. The molecule has 2 saturated carbocycles. The Morgan fingerprint density at radius 1 is 1.35 bits per heavy atom. The molecule has 0 saturated heterocycles. The van der Waals surface area contributed by atoms with Crippen molar-refractivity contribution in [2.24, 2.45) is 5.92 Å². The van der Waals surface area contributed by atoms with Crippen LogP contribution in [0.4, 0.5) is 11.4 Å². The van der Waals surface area contributed by atoms with Gasteiger partial charge in [-0.3, -0.25) is 19.8 Å². The van der Waals surface area contributed by atoms with Gasteiger partial charge in [-0.1, -0.05) is 12.1 Å². The van der Waals surface area contributed by atoms with E-state index in [4.69, 9.17) is 5.11 Å². The van der Waals surface area contributed by atoms with E-state index in [1.807, 2.05) is 0 Å². The van der Waals surface area contributed by atoms with E-state index in [0.717, 1.165) is 19.4 Å². The number of hydrogen-bond donors (Lipinski definition) is 2. The fraction of sp³-hybridized carbons (Fsp3) is 0.562. The fourth-order valence-corrected chi connectivity index (χ4v) is 3.13. The topological polar surface area (TPSA) is 95.7 Å². The van der Waals surface area contributed by atoms with Gasteiger partial charge >= 0.3 is 5.97 Å². The molecule has 3 rings (SSSR count). The Labute approximate surface area is 134 Å². The summed E-state index contributed by atoms with van der Waals surface area (Å²) in [5.41, 5.74) is 0.615. The molecule has 0 atom stereocenters. The van der Waals surface area contributed by atoms with E-state index in [9.17, 15) is 14.9 Å². The quantitative estimate of drug-likeness (QED) is 0.564. The van der Waals surface area contributed by atoms with Gasteiger partial charge in [-0.05, 0) is 37.7 Å². The predicted octanol–water partition coefficient (Wildman–Crippen LogP) is 2.33. The molecule has 23 heavy (non-hydrogen) atoms. The molecule has 2 N–H and O–H groups in total. The molecule has 0 unspecified atom stereocenters. The Hall–Kier alpha value is -2.15. The normalized spacial score (nSPS) is 23.3. The highest BCUT2D eigenvalue weighted by Crippen LogP contribution is 2.35. The standard InChI is InChI=1S/C16H21N3O4/c20-16(21)10-18(9-11-5-6-11)13-7-12(8-13)17-14-3-1-2-4-15(14)19(22)23/h1-4,11-13,17H,5-10H2,(H,20,21). The molecule has 0 amide bonds. The molecule has 1 aromatic carbocycles. The molecule has 7 heteroatoms. The Morgan fingerprint density at radius 3 is 2.65 bits per heavy atom. The summed E-state index contributed by atoms with van der Waals surface area (Å²) in [7, 11) is 0. The molecule has 1 aromatic rings. The lowest BCUT2D eigenvalue weighted by Gasteiger charge is -2.43. The molecule has 0 heterocycles. The van der Waals surface area contributed by atoms with Crippen LogP contribution in [0.3, 0.4) is 0 Å². The summed E-state index contributed by atoms with van der Waals surface area (Å²) < 4.78 is 0. The first-order valence-electron chi connectivity index (χ1n) is 7.98. The van der Waals surface area contributed by atoms with Gasteiger partial charge < -0.3 is 10.4 Å². The summed E-state index contributed by atoms with van der Waals surface area (Å²) in [5.74, 6) is -0.141. The molecule has 0 aromatic heterocycles. The van der Waals surface area contributed by atoms with Crippen LogP contribution in [0.5, 0.6) is 0 Å². The summed E-state index contributed by atoms with van der Waals surface area (Å²) >= 11 is 0. The van der Waals surface area contributed by atoms with Gasteiger partial charge in [-0.15, -0.1) is 0 Å². The highest BCUT2D eigenvalue weighted by molar-refractivity contribution is 5.69. The predicted molar refractivity (Wildman–Crippen MR) is 85.5 cm³/mol. The van der Waals surface area contributed by atoms with Gasteiger partial charge in [0.2, 0.25) is 0 Å². The number of nitro groups is 1. The second-order valence-corrected chi connectivity index (χ2v) is 6.51. The monoisotopic (exact) mass is 319 g/mol. The molecule has 0 aliphatic heterocycles. The van der Waals surface area contributed by atoms with Crippen LogP contribution in [0, 0.1) is 16.0 Å². The van der Waals surface area contributed by atoms with Crippen LogP contribution < -0.4 is 5.32 Å². The summed E-state index contributed by atoms with van der Waals surface area (Å²) in [6.07, 6.45) is 4.04. The van der Waals surface area contributed by atoms with Gasteiger partial charge in [-0.2, -0.15) is 0 Å². The van der Waals surface area contributed by atoms with E-state index in [0.29, 0.717) is 11.6 Å². The van der Waals surface area contributed by atoms with Gasteiger partial charge in [0.15, 0.2) is 0 Å². The summed E-state index contributed by atoms with van der Waals surface area (Å²) in [6.45, 7) is 0.939. The first-order chi connectivity index (χ1) is 11.0. The highest BCUT2D eigenvalue weighted by atomic mass is 16.6. The zero-order chi connectivity index (χ0) is 16.4. The number of anilines is 1. The zero-order valence-corrected chi connectivity index (χ0v) is 12.9. The molecular weight excluding hydrogens is 298 g/mol. The van der Waals surface area contributed by atoms with E-state index in [1.54, 1.807) is 18.2 Å². The van der Waals surface area contributed by atoms with E-state index < -0.39 is 5.97 Å². The number of nitro benzene ring substituents is 1. The average Bonchev–Trinajstić information content (AvgIpc) is 3.25. The Morgan fingerprint density at radius 2 is 2.04 bits per heavy atom. The molecule has 0 radical (unpaired) electrons. The first kappa shape index (κ1) is 15.7. The number of carboxylic acids is 1. The van der Waals surface area contributed by atoms with Crippen molar-refractivity contribution in [3.63, 3.8) is 0 Å². The van der Waals surface area contributed by atoms with E-state index >= 15 is 0 Å². The van der Waals surface area contributed by atoms with Gasteiger partial charge in [0.25, 0.3) is 5.69 Å². The minimum Gasteiger partial charge on any atom is -0.480 e. The highest BCUT2D eigenvalue weighted by Gasteiger charge is 2.37. The number of nitrogens with zero attached hydrogens (tertiary/aromatic N) is 2. The Bertz CT molecular complexity index is 597. The van der Waals surface area contributed by atoms with Crippen molar-refractivity contribution < 1.29 is 14.8 Å². The van der Waals surface area contributed by atoms with E-state index in [1.165, 1.54) is 18.9 Å². The molecule has 0 spiro atoms. The lowest BCUT2D eigenvalue weighted by molar-refractivity contribution is -0.384. The number of aliphatic carboxylic acids is 1. The Kier molecular flexibility index (Phi) is 4.47. The van der Waals surface area contributed by atoms with Gasteiger partial charge in [0, 0.05) is 24.7 Å². The van der Waals surface area contributed by atoms with Crippen molar-refractivity contribution in [3.05, 3.63) is 34.4 Å². The van der Waals surface area contributed by atoms with Crippen LogP contribution in [-0.4, -0.2) is 46.1 Å². The third kappa shape index (κ3) is 3.98. The molecule has 2 aliphatic rings. The minimum absolute atomic E-state index is 0.0799. The van der Waals surface area contributed by atoms with Crippen molar-refractivity contribution in [1.29, 1.82) is 0 Å². The van der Waals surface area contributed by atoms with E-state index in [-0.39, 0.29) is 29.2 Å². The molecule has 7 nitrogen and oxygen atoms in total. The lowest BCUT2D eigenvalue weighted by Crippen LogP contribution is -2.52. The number of benzene rings is 1. The fourth-order valence-electron chi connectivity index (χ4n) is 3.13. The molecule has 124 valence electrons. The molecular formula is C16H21N3O4. The maximum atomic E-state index is 11.0. The van der Waals surface area contributed by atoms with Crippen molar-refractivity contribution in [2.45, 2.75) is 37.8 Å². The number of carbonyl (C=O) groups is 1. The maximum Gasteiger partial charge on any atom is 0.317 e. The maximum absolute atomic E-state index is 11.0. The van der Waals surface area contributed by atoms with Crippen LogP contribution in [0.15, 0.2) is 24.3 Å². The molecule has 2 fully saturated rings. The van der Waals surface area contributed by atoms with Crippen LogP contribution in [0.25, 0.3) is 0 Å². The third-order valence-corrected chi connectivity index (χ3v) is 4.62. The van der Waals surface area contributed by atoms with Crippen molar-refractivity contribution in [2.75, 3.05) is 18.4 Å². The smallest absolute Gasteiger partial charge is 0.317 e. The van der Waals surface area contributed by atoms with Crippen LogP contribution in [0.2, 0.25) is 0 Å². The van der Waals surface area contributed by atoms with Crippen LogP contribution >= 0.6 is 0 Å². The minimum atomic E-state index is -0.791. The van der Waals surface area contributed by atoms with Crippen molar-refractivity contribution in [1.82, 2.24) is 4.90 Å². The SMILES string of the molecule is O=C(O)CN(CC1CC1)C1CC(Nc2ccccc2[N+](=O)[O-])C1. The third-order valence-electron chi connectivity index (χ3n) is 4.62. The number of nitrogens with one attached hydrogen (secondary N) is 1. The van der Waals surface area contributed by atoms with Gasteiger partial charge in [-0.25, -0.2) is 0 Å². The second kappa shape index (κ2) is 6.54. The molecule has 0 bridgehead atoms. The van der Waals surface area contributed by atoms with Crippen molar-refractivity contribution >= 4 is 17.3 Å². The van der Waals surface area contributed by atoms with Gasteiger partial charge in [0.1, 0.15) is 5.69 Å². The second-order valence-electron chi connectivity index (χ2n) is 6.51.